The van der Waals surface area contributed by atoms with E-state index < -0.39 is 0 Å². The molecular weight excluding hydrogens is 200 g/mol. The number of benzene rings is 1. The van der Waals surface area contributed by atoms with Crippen LogP contribution in [0.1, 0.15) is 11.1 Å². The predicted octanol–water partition coefficient (Wildman–Crippen LogP) is 3.15. The summed E-state index contributed by atoms with van der Waals surface area (Å²) in [5.41, 5.74) is 1.81. The molecule has 1 N–H and O–H groups in total. The Balaban J connectivity index is 3.08. The molecule has 0 aliphatic rings. The molecule has 1 aromatic carbocycles. The van der Waals surface area contributed by atoms with Crippen LogP contribution in [0, 0.1) is 6.92 Å². The number of rotatable bonds is 2. The van der Waals surface area contributed by atoms with Crippen LogP contribution < -0.4 is 0 Å². The fraction of sp³-hybridized carbons (Fsp3) is 0.100. The number of aliphatic hydroxyl groups is 1. The minimum Gasteiger partial charge on any atom is -0.507 e. The molecular formula is C10H10OS2. The van der Waals surface area contributed by atoms with E-state index in [1.54, 1.807) is 0 Å². The van der Waals surface area contributed by atoms with Gasteiger partial charge in [-0.3, -0.25) is 0 Å². The minimum atomic E-state index is 0.165. The lowest BCUT2D eigenvalue weighted by Gasteiger charge is -2.03. The maximum Gasteiger partial charge on any atom is 0.125 e. The Morgan fingerprint density at radius 3 is 2.62 bits per heavy atom. The first kappa shape index (κ1) is 10.3. The van der Waals surface area contributed by atoms with Crippen LogP contribution in [0.5, 0.6) is 0 Å². The normalized spacial score (nSPS) is 11.4. The Morgan fingerprint density at radius 1 is 1.46 bits per heavy atom. The summed E-state index contributed by atoms with van der Waals surface area (Å²) in [7, 11) is 0. The van der Waals surface area contributed by atoms with Crippen LogP contribution in [0.2, 0.25) is 0 Å². The first-order chi connectivity index (χ1) is 6.11. The Bertz CT molecular complexity index is 356. The predicted molar refractivity (Wildman–Crippen MR) is 63.4 cm³/mol. The van der Waals surface area contributed by atoms with Crippen molar-refractivity contribution in [2.75, 3.05) is 0 Å². The number of hydrogen-bond donors (Lipinski definition) is 2. The lowest BCUT2D eigenvalue weighted by molar-refractivity contribution is 0.512. The molecule has 0 unspecified atom stereocenters. The highest BCUT2D eigenvalue weighted by atomic mass is 32.1. The van der Waals surface area contributed by atoms with E-state index in [9.17, 15) is 5.11 Å². The van der Waals surface area contributed by atoms with Gasteiger partial charge in [0.05, 0.1) is 4.20 Å². The molecule has 0 amide bonds. The van der Waals surface area contributed by atoms with Crippen molar-refractivity contribution >= 4 is 34.8 Å². The summed E-state index contributed by atoms with van der Waals surface area (Å²) in [6.07, 6.45) is 1.46. The lowest BCUT2D eigenvalue weighted by Crippen LogP contribution is -1.88. The zero-order chi connectivity index (χ0) is 9.84. The van der Waals surface area contributed by atoms with Gasteiger partial charge in [-0.25, -0.2) is 0 Å². The third kappa shape index (κ3) is 2.86. The number of aryl methyl sites for hydroxylation is 1. The second-order valence-electron chi connectivity index (χ2n) is 2.68. The van der Waals surface area contributed by atoms with E-state index in [1.807, 2.05) is 31.2 Å². The summed E-state index contributed by atoms with van der Waals surface area (Å²) in [4.78, 5) is 0. The minimum absolute atomic E-state index is 0.165. The van der Waals surface area contributed by atoms with Gasteiger partial charge < -0.3 is 5.11 Å². The molecule has 0 bridgehead atoms. The van der Waals surface area contributed by atoms with Crippen molar-refractivity contribution in [3.05, 3.63) is 41.5 Å². The largest absolute Gasteiger partial charge is 0.507 e. The van der Waals surface area contributed by atoms with Crippen LogP contribution in [0.15, 0.2) is 30.3 Å². The van der Waals surface area contributed by atoms with Gasteiger partial charge in [0.15, 0.2) is 0 Å². The maximum atomic E-state index is 9.60. The molecule has 68 valence electrons. The Labute approximate surface area is 88.5 Å². The molecule has 0 aliphatic heterocycles. The molecule has 0 heterocycles. The van der Waals surface area contributed by atoms with Gasteiger partial charge in [0.1, 0.15) is 5.76 Å². The van der Waals surface area contributed by atoms with Crippen molar-refractivity contribution in [1.82, 2.24) is 0 Å². The summed E-state index contributed by atoms with van der Waals surface area (Å²) in [5, 5.41) is 9.60. The summed E-state index contributed by atoms with van der Waals surface area (Å²) in [6, 6.07) is 7.56. The van der Waals surface area contributed by atoms with Crippen molar-refractivity contribution in [2.24, 2.45) is 0 Å². The molecule has 0 fully saturated rings. The van der Waals surface area contributed by atoms with Gasteiger partial charge in [0, 0.05) is 11.6 Å². The summed E-state index contributed by atoms with van der Waals surface area (Å²) >= 11 is 8.66. The standard InChI is InChI=1S/C10H10OS2/c1-7-4-2-3-5-8(7)9(11)6-10(12)13/h2-6,11H,1H3,(H,12,13). The molecule has 1 rings (SSSR count). The molecule has 0 spiro atoms. The third-order valence-corrected chi connectivity index (χ3v) is 1.93. The van der Waals surface area contributed by atoms with E-state index in [0.29, 0.717) is 4.20 Å². The van der Waals surface area contributed by atoms with Crippen molar-refractivity contribution in [3.8, 4) is 0 Å². The molecule has 1 nitrogen and oxygen atoms in total. The van der Waals surface area contributed by atoms with Crippen LogP contribution in [-0.4, -0.2) is 9.30 Å². The number of hydrogen-bond acceptors (Lipinski definition) is 2. The van der Waals surface area contributed by atoms with Gasteiger partial charge >= 0.3 is 0 Å². The zero-order valence-corrected chi connectivity index (χ0v) is 8.90. The Hall–Kier alpha value is -0.800. The second-order valence-corrected chi connectivity index (χ2v) is 3.91. The van der Waals surface area contributed by atoms with Crippen molar-refractivity contribution in [1.29, 1.82) is 0 Å². The smallest absolute Gasteiger partial charge is 0.125 e. The first-order valence-corrected chi connectivity index (χ1v) is 4.66. The molecule has 0 aliphatic carbocycles. The van der Waals surface area contributed by atoms with Gasteiger partial charge in [-0.2, -0.15) is 0 Å². The monoisotopic (exact) mass is 210 g/mol. The van der Waals surface area contributed by atoms with Crippen molar-refractivity contribution < 1.29 is 5.11 Å². The lowest BCUT2D eigenvalue weighted by atomic mass is 10.1. The third-order valence-electron chi connectivity index (χ3n) is 1.68. The molecule has 3 heteroatoms. The fourth-order valence-electron chi connectivity index (χ4n) is 1.05. The van der Waals surface area contributed by atoms with E-state index in [4.69, 9.17) is 12.2 Å². The quantitative estimate of drug-likeness (QED) is 0.338. The van der Waals surface area contributed by atoms with Gasteiger partial charge in [0.2, 0.25) is 0 Å². The highest BCUT2D eigenvalue weighted by Crippen LogP contribution is 2.16. The SMILES string of the molecule is Cc1ccccc1C(O)=CC(=S)S. The summed E-state index contributed by atoms with van der Waals surface area (Å²) in [6.45, 7) is 1.93. The van der Waals surface area contributed by atoms with Gasteiger partial charge in [-0.15, -0.1) is 12.6 Å². The number of thiocarbonyl (C=S) groups is 1. The molecule has 13 heavy (non-hydrogen) atoms. The van der Waals surface area contributed by atoms with E-state index >= 15 is 0 Å². The van der Waals surface area contributed by atoms with Gasteiger partial charge in [-0.1, -0.05) is 36.5 Å². The molecule has 0 saturated carbocycles. The Morgan fingerprint density at radius 2 is 2.08 bits per heavy atom. The first-order valence-electron chi connectivity index (χ1n) is 3.81. The molecule has 0 radical (unpaired) electrons. The average molecular weight is 210 g/mol. The highest BCUT2D eigenvalue weighted by molar-refractivity contribution is 8.11. The second kappa shape index (κ2) is 4.44. The zero-order valence-electron chi connectivity index (χ0n) is 7.19. The van der Waals surface area contributed by atoms with E-state index in [0.717, 1.165) is 11.1 Å². The highest BCUT2D eigenvalue weighted by Gasteiger charge is 2.01. The van der Waals surface area contributed by atoms with Crippen molar-refractivity contribution in [3.63, 3.8) is 0 Å². The van der Waals surface area contributed by atoms with Crippen LogP contribution >= 0.6 is 24.8 Å². The molecule has 0 saturated heterocycles. The van der Waals surface area contributed by atoms with E-state index in [-0.39, 0.29) is 5.76 Å². The van der Waals surface area contributed by atoms with Crippen LogP contribution in [0.3, 0.4) is 0 Å². The van der Waals surface area contributed by atoms with Gasteiger partial charge in [-0.05, 0) is 12.5 Å². The number of thiol groups is 1. The van der Waals surface area contributed by atoms with Crippen LogP contribution in [-0.2, 0) is 0 Å². The molecule has 0 aromatic heterocycles. The van der Waals surface area contributed by atoms with E-state index in [2.05, 4.69) is 12.6 Å². The molecule has 1 aromatic rings. The van der Waals surface area contributed by atoms with Gasteiger partial charge in [0.25, 0.3) is 0 Å². The topological polar surface area (TPSA) is 20.2 Å². The van der Waals surface area contributed by atoms with Crippen LogP contribution in [0.25, 0.3) is 5.76 Å². The molecule has 0 atom stereocenters. The van der Waals surface area contributed by atoms with E-state index in [1.165, 1.54) is 6.08 Å². The Kier molecular flexibility index (Phi) is 3.51. The van der Waals surface area contributed by atoms with Crippen LogP contribution in [0.4, 0.5) is 0 Å². The number of aliphatic hydroxyl groups excluding tert-OH is 1. The fourth-order valence-corrected chi connectivity index (χ4v) is 1.29. The maximum absolute atomic E-state index is 9.60. The average Bonchev–Trinajstić information content (AvgIpc) is 2.03. The summed E-state index contributed by atoms with van der Waals surface area (Å²) in [5.74, 6) is 0.165. The van der Waals surface area contributed by atoms with Crippen molar-refractivity contribution in [2.45, 2.75) is 6.92 Å². The summed E-state index contributed by atoms with van der Waals surface area (Å²) < 4.78 is 0.376.